The van der Waals surface area contributed by atoms with Gasteiger partial charge in [-0.1, -0.05) is 23.7 Å². The Morgan fingerprint density at radius 1 is 1.12 bits per heavy atom. The van der Waals surface area contributed by atoms with Crippen LogP contribution >= 0.6 is 11.6 Å². The number of aromatic nitrogens is 2. The smallest absolute Gasteiger partial charge is 0.256 e. The van der Waals surface area contributed by atoms with Crippen molar-refractivity contribution in [1.29, 1.82) is 0 Å². The highest BCUT2D eigenvalue weighted by Gasteiger charge is 2.40. The van der Waals surface area contributed by atoms with E-state index >= 15 is 0 Å². The molecule has 1 amide bonds. The molecule has 1 N–H and O–H groups in total. The van der Waals surface area contributed by atoms with Gasteiger partial charge < -0.3 is 19.7 Å². The van der Waals surface area contributed by atoms with E-state index in [0.29, 0.717) is 61.4 Å². The number of nitrogens with zero attached hydrogens (tertiary/aromatic N) is 3. The molecular weight excluding hydrogens is 356 g/mol. The number of rotatable bonds is 3. The van der Waals surface area contributed by atoms with Gasteiger partial charge in [-0.3, -0.25) is 4.79 Å². The molecule has 1 aromatic heterocycles. The molecular formula is C18H19ClN4O3. The Hall–Kier alpha value is -2.22. The number of para-hydroxylation sites is 1. The molecule has 136 valence electrons. The Bertz CT molecular complexity index is 783. The number of hydrogen-bond donors (Lipinski definition) is 1. The lowest BCUT2D eigenvalue weighted by Crippen LogP contribution is -2.47. The zero-order valence-corrected chi connectivity index (χ0v) is 14.9. The number of halogens is 1. The fraction of sp³-hybridized carbons (Fsp3) is 0.389. The molecule has 0 unspecified atom stereocenters. The molecule has 2 aromatic rings. The Balaban J connectivity index is 1.39. The molecule has 7 nitrogen and oxygen atoms in total. The summed E-state index contributed by atoms with van der Waals surface area (Å²) in [6.45, 7) is 2.44. The number of hydrogen-bond acceptors (Lipinski definition) is 6. The minimum Gasteiger partial charge on any atom is -0.347 e. The van der Waals surface area contributed by atoms with Gasteiger partial charge in [-0.2, -0.15) is 0 Å². The SMILES string of the molecule is O=C(c1cnc(Nc2ccccc2Cl)nc1)N1CCC2(CC1)OCCO2. The molecule has 0 atom stereocenters. The third-order valence-electron chi connectivity index (χ3n) is 4.65. The summed E-state index contributed by atoms with van der Waals surface area (Å²) in [5.41, 5.74) is 1.17. The van der Waals surface area contributed by atoms with Crippen LogP contribution in [0.25, 0.3) is 0 Å². The average Bonchev–Trinajstić information content (AvgIpc) is 3.12. The van der Waals surface area contributed by atoms with Crippen LogP contribution < -0.4 is 5.32 Å². The summed E-state index contributed by atoms with van der Waals surface area (Å²) in [5, 5.41) is 3.62. The highest BCUT2D eigenvalue weighted by molar-refractivity contribution is 6.33. The molecule has 2 aliphatic heterocycles. The molecule has 2 fully saturated rings. The molecule has 8 heteroatoms. The molecule has 0 bridgehead atoms. The maximum atomic E-state index is 12.6. The maximum Gasteiger partial charge on any atom is 0.256 e. The van der Waals surface area contributed by atoms with Gasteiger partial charge in [-0.25, -0.2) is 9.97 Å². The topological polar surface area (TPSA) is 76.6 Å². The molecule has 1 spiro atoms. The van der Waals surface area contributed by atoms with Crippen LogP contribution in [0.1, 0.15) is 23.2 Å². The summed E-state index contributed by atoms with van der Waals surface area (Å²) < 4.78 is 11.4. The zero-order valence-electron chi connectivity index (χ0n) is 14.2. The summed E-state index contributed by atoms with van der Waals surface area (Å²) in [4.78, 5) is 22.9. The van der Waals surface area contributed by atoms with Crippen LogP contribution in [0.15, 0.2) is 36.7 Å². The Morgan fingerprint density at radius 2 is 1.77 bits per heavy atom. The molecule has 3 heterocycles. The number of carbonyl (C=O) groups is 1. The quantitative estimate of drug-likeness (QED) is 0.890. The second-order valence-corrected chi connectivity index (χ2v) is 6.71. The number of benzene rings is 1. The Kier molecular flexibility index (Phi) is 4.76. The number of anilines is 2. The summed E-state index contributed by atoms with van der Waals surface area (Å²) >= 11 is 6.11. The standard InChI is InChI=1S/C18H19ClN4O3/c19-14-3-1-2-4-15(14)22-17-20-11-13(12-21-17)16(24)23-7-5-18(6-8-23)25-9-10-26-18/h1-4,11-12H,5-10H2,(H,20,21,22). The van der Waals surface area contributed by atoms with Crippen molar-refractivity contribution in [3.05, 3.63) is 47.2 Å². The van der Waals surface area contributed by atoms with Gasteiger partial charge in [-0.15, -0.1) is 0 Å². The fourth-order valence-corrected chi connectivity index (χ4v) is 3.39. The van der Waals surface area contributed by atoms with E-state index in [1.165, 1.54) is 12.4 Å². The lowest BCUT2D eigenvalue weighted by atomic mass is 10.0. The van der Waals surface area contributed by atoms with Crippen LogP contribution in [0.2, 0.25) is 5.02 Å². The van der Waals surface area contributed by atoms with Gasteiger partial charge in [0.2, 0.25) is 5.95 Å². The lowest BCUT2D eigenvalue weighted by molar-refractivity contribution is -0.181. The summed E-state index contributed by atoms with van der Waals surface area (Å²) in [7, 11) is 0. The minimum atomic E-state index is -0.490. The van der Waals surface area contributed by atoms with Crippen LogP contribution in [0, 0.1) is 0 Å². The van der Waals surface area contributed by atoms with Crippen molar-refractivity contribution in [2.75, 3.05) is 31.6 Å². The van der Waals surface area contributed by atoms with E-state index in [2.05, 4.69) is 15.3 Å². The third kappa shape index (κ3) is 3.51. The van der Waals surface area contributed by atoms with Crippen molar-refractivity contribution >= 4 is 29.1 Å². The van der Waals surface area contributed by atoms with Gasteiger partial charge in [0.05, 0.1) is 29.5 Å². The van der Waals surface area contributed by atoms with Crippen molar-refractivity contribution in [2.45, 2.75) is 18.6 Å². The van der Waals surface area contributed by atoms with Crippen molar-refractivity contribution in [1.82, 2.24) is 14.9 Å². The lowest BCUT2D eigenvalue weighted by Gasteiger charge is -2.37. The van der Waals surface area contributed by atoms with E-state index in [1.54, 1.807) is 11.0 Å². The van der Waals surface area contributed by atoms with E-state index in [1.807, 2.05) is 18.2 Å². The highest BCUT2D eigenvalue weighted by atomic mass is 35.5. The first-order valence-electron chi connectivity index (χ1n) is 8.56. The minimum absolute atomic E-state index is 0.0814. The number of nitrogens with one attached hydrogen (secondary N) is 1. The highest BCUT2D eigenvalue weighted by Crippen LogP contribution is 2.31. The molecule has 4 rings (SSSR count). The average molecular weight is 375 g/mol. The molecule has 0 radical (unpaired) electrons. The Morgan fingerprint density at radius 3 is 2.42 bits per heavy atom. The van der Waals surface area contributed by atoms with E-state index in [-0.39, 0.29) is 5.91 Å². The second-order valence-electron chi connectivity index (χ2n) is 6.30. The predicted octanol–water partition coefficient (Wildman–Crippen LogP) is 2.85. The first-order chi connectivity index (χ1) is 12.7. The van der Waals surface area contributed by atoms with Crippen molar-refractivity contribution in [2.24, 2.45) is 0 Å². The largest absolute Gasteiger partial charge is 0.347 e. The molecule has 1 aromatic carbocycles. The number of carbonyl (C=O) groups excluding carboxylic acids is 1. The van der Waals surface area contributed by atoms with E-state index in [0.717, 1.165) is 0 Å². The van der Waals surface area contributed by atoms with Gasteiger partial charge >= 0.3 is 0 Å². The summed E-state index contributed by atoms with van der Waals surface area (Å²) in [6.07, 6.45) is 4.43. The Labute approximate surface area is 156 Å². The zero-order chi connectivity index (χ0) is 18.0. The summed E-state index contributed by atoms with van der Waals surface area (Å²) in [6, 6.07) is 7.33. The van der Waals surface area contributed by atoms with Crippen molar-refractivity contribution < 1.29 is 14.3 Å². The second kappa shape index (κ2) is 7.19. The summed E-state index contributed by atoms with van der Waals surface area (Å²) in [5.74, 6) is -0.183. The van der Waals surface area contributed by atoms with Crippen LogP contribution in [0.4, 0.5) is 11.6 Å². The van der Waals surface area contributed by atoms with E-state index in [9.17, 15) is 4.79 Å². The molecule has 26 heavy (non-hydrogen) atoms. The molecule has 0 aliphatic carbocycles. The predicted molar refractivity (Wildman–Crippen MR) is 96.5 cm³/mol. The van der Waals surface area contributed by atoms with E-state index < -0.39 is 5.79 Å². The monoisotopic (exact) mass is 374 g/mol. The number of piperidine rings is 1. The van der Waals surface area contributed by atoms with Gasteiger partial charge in [0.25, 0.3) is 5.91 Å². The number of amides is 1. The molecule has 2 saturated heterocycles. The first-order valence-corrected chi connectivity index (χ1v) is 8.94. The fourth-order valence-electron chi connectivity index (χ4n) is 3.20. The van der Waals surface area contributed by atoms with Crippen molar-refractivity contribution in [3.63, 3.8) is 0 Å². The third-order valence-corrected chi connectivity index (χ3v) is 4.97. The van der Waals surface area contributed by atoms with E-state index in [4.69, 9.17) is 21.1 Å². The maximum absolute atomic E-state index is 12.6. The van der Waals surface area contributed by atoms with Crippen LogP contribution in [-0.2, 0) is 9.47 Å². The first kappa shape index (κ1) is 17.2. The van der Waals surface area contributed by atoms with Crippen molar-refractivity contribution in [3.8, 4) is 0 Å². The van der Waals surface area contributed by atoms with Crippen LogP contribution in [0.3, 0.4) is 0 Å². The van der Waals surface area contributed by atoms with Crippen LogP contribution in [0.5, 0.6) is 0 Å². The normalized spacial score (nSPS) is 18.9. The molecule has 2 aliphatic rings. The van der Waals surface area contributed by atoms with Crippen LogP contribution in [-0.4, -0.2) is 52.9 Å². The van der Waals surface area contributed by atoms with Gasteiger partial charge in [-0.05, 0) is 12.1 Å². The van der Waals surface area contributed by atoms with Gasteiger partial charge in [0.15, 0.2) is 5.79 Å². The van der Waals surface area contributed by atoms with Gasteiger partial charge in [0, 0.05) is 38.3 Å². The number of ether oxygens (including phenoxy) is 2. The molecule has 0 saturated carbocycles. The van der Waals surface area contributed by atoms with Gasteiger partial charge in [0.1, 0.15) is 0 Å². The number of likely N-dealkylation sites (tertiary alicyclic amines) is 1.